The zero-order valence-electron chi connectivity index (χ0n) is 9.04. The molecular formula is C11H14FIN2S. The number of nitrogens with two attached hydrogens (primary N) is 1. The summed E-state index contributed by atoms with van der Waals surface area (Å²) >= 11 is 3.90. The number of nitrogens with zero attached hydrogens (tertiary/aromatic N) is 1. The molecule has 1 aliphatic rings. The fourth-order valence-corrected chi connectivity index (χ4v) is 3.39. The second-order valence-electron chi connectivity index (χ2n) is 3.94. The average molecular weight is 352 g/mol. The topological polar surface area (TPSA) is 29.3 Å². The minimum Gasteiger partial charge on any atom is -0.397 e. The molecule has 1 aromatic carbocycles. The predicted molar refractivity (Wildman–Crippen MR) is 77.7 cm³/mol. The molecule has 1 heterocycles. The van der Waals surface area contributed by atoms with Gasteiger partial charge in [0.1, 0.15) is 5.82 Å². The fourth-order valence-electron chi connectivity index (χ4n) is 1.89. The number of hydrogen-bond acceptors (Lipinski definition) is 3. The number of hydrogen-bond donors (Lipinski definition) is 1. The molecule has 0 amide bonds. The monoisotopic (exact) mass is 352 g/mol. The highest BCUT2D eigenvalue weighted by molar-refractivity contribution is 14.1. The smallest absolute Gasteiger partial charge is 0.138 e. The van der Waals surface area contributed by atoms with Crippen molar-refractivity contribution in [1.82, 2.24) is 0 Å². The summed E-state index contributed by atoms with van der Waals surface area (Å²) in [5.41, 5.74) is 7.47. The molecule has 1 saturated heterocycles. The molecule has 16 heavy (non-hydrogen) atoms. The van der Waals surface area contributed by atoms with E-state index in [2.05, 4.69) is 11.8 Å². The Hall–Kier alpha value is -0.170. The minimum atomic E-state index is -0.185. The van der Waals surface area contributed by atoms with Gasteiger partial charge in [-0.3, -0.25) is 0 Å². The third kappa shape index (κ3) is 2.40. The molecule has 1 aromatic rings. The van der Waals surface area contributed by atoms with Crippen LogP contribution in [0.3, 0.4) is 0 Å². The van der Waals surface area contributed by atoms with Gasteiger partial charge in [-0.15, -0.1) is 0 Å². The quantitative estimate of drug-likeness (QED) is 0.623. The van der Waals surface area contributed by atoms with Gasteiger partial charge in [0.2, 0.25) is 0 Å². The van der Waals surface area contributed by atoms with Gasteiger partial charge in [0.15, 0.2) is 0 Å². The zero-order chi connectivity index (χ0) is 11.7. The standard InChI is InChI=1S/C11H14FIN2S/c1-7-6-16-3-2-15(7)11-4-8(12)9(13)5-10(11)14/h4-5,7H,2-3,6,14H2,1H3. The van der Waals surface area contributed by atoms with Crippen molar-refractivity contribution in [3.63, 3.8) is 0 Å². The number of thioether (sulfide) groups is 1. The Morgan fingerprint density at radius 3 is 3.00 bits per heavy atom. The zero-order valence-corrected chi connectivity index (χ0v) is 12.0. The van der Waals surface area contributed by atoms with Crippen molar-refractivity contribution in [2.24, 2.45) is 0 Å². The second kappa shape index (κ2) is 5.00. The first kappa shape index (κ1) is 12.3. The third-order valence-electron chi connectivity index (χ3n) is 2.75. The van der Waals surface area contributed by atoms with Gasteiger partial charge in [0, 0.05) is 30.2 Å². The Bertz CT molecular complexity index is 400. The van der Waals surface area contributed by atoms with Gasteiger partial charge in [0.05, 0.1) is 14.9 Å². The van der Waals surface area contributed by atoms with Crippen molar-refractivity contribution < 1.29 is 4.39 Å². The van der Waals surface area contributed by atoms with Crippen LogP contribution in [0.25, 0.3) is 0 Å². The first-order valence-corrected chi connectivity index (χ1v) is 7.42. The molecule has 2 N–H and O–H groups in total. The van der Waals surface area contributed by atoms with Crippen LogP contribution < -0.4 is 10.6 Å². The van der Waals surface area contributed by atoms with E-state index < -0.39 is 0 Å². The Morgan fingerprint density at radius 2 is 2.31 bits per heavy atom. The molecule has 0 aliphatic carbocycles. The highest BCUT2D eigenvalue weighted by atomic mass is 127. The van der Waals surface area contributed by atoms with Crippen molar-refractivity contribution >= 4 is 45.7 Å². The molecule has 5 heteroatoms. The highest BCUT2D eigenvalue weighted by Crippen LogP contribution is 2.31. The van der Waals surface area contributed by atoms with Gasteiger partial charge in [-0.05, 0) is 35.6 Å². The SMILES string of the molecule is CC1CSCCN1c1cc(F)c(I)cc1N. The van der Waals surface area contributed by atoms with E-state index in [4.69, 9.17) is 5.73 Å². The molecule has 1 atom stereocenters. The lowest BCUT2D eigenvalue weighted by Crippen LogP contribution is -2.40. The molecule has 0 spiro atoms. The van der Waals surface area contributed by atoms with Crippen molar-refractivity contribution in [3.8, 4) is 0 Å². The summed E-state index contributed by atoms with van der Waals surface area (Å²) in [5.74, 6) is 1.97. The number of rotatable bonds is 1. The maximum absolute atomic E-state index is 13.5. The summed E-state index contributed by atoms with van der Waals surface area (Å²) in [4.78, 5) is 2.20. The van der Waals surface area contributed by atoms with Gasteiger partial charge >= 0.3 is 0 Å². The van der Waals surface area contributed by atoms with Crippen molar-refractivity contribution in [3.05, 3.63) is 21.5 Å². The molecule has 88 valence electrons. The molecule has 2 nitrogen and oxygen atoms in total. The summed E-state index contributed by atoms with van der Waals surface area (Å²) in [5, 5.41) is 0. The van der Waals surface area contributed by atoms with Crippen LogP contribution in [-0.4, -0.2) is 24.1 Å². The minimum absolute atomic E-state index is 0.185. The summed E-state index contributed by atoms with van der Waals surface area (Å²) in [6, 6.07) is 3.68. The van der Waals surface area contributed by atoms with Gasteiger partial charge in [-0.25, -0.2) is 4.39 Å². The summed E-state index contributed by atoms with van der Waals surface area (Å²) in [7, 11) is 0. The lowest BCUT2D eigenvalue weighted by Gasteiger charge is -2.35. The first-order chi connectivity index (χ1) is 7.59. The molecule has 1 aliphatic heterocycles. The summed E-state index contributed by atoms with van der Waals surface area (Å²) in [6.07, 6.45) is 0. The van der Waals surface area contributed by atoms with Gasteiger partial charge < -0.3 is 10.6 Å². The second-order valence-corrected chi connectivity index (χ2v) is 6.25. The van der Waals surface area contributed by atoms with E-state index >= 15 is 0 Å². The van der Waals surface area contributed by atoms with Crippen LogP contribution in [0.15, 0.2) is 12.1 Å². The van der Waals surface area contributed by atoms with E-state index in [1.165, 1.54) is 0 Å². The molecule has 1 fully saturated rings. The van der Waals surface area contributed by atoms with E-state index in [9.17, 15) is 4.39 Å². The summed E-state index contributed by atoms with van der Waals surface area (Å²) in [6.45, 7) is 3.09. The van der Waals surface area contributed by atoms with E-state index in [0.29, 0.717) is 15.3 Å². The first-order valence-electron chi connectivity index (χ1n) is 5.18. The van der Waals surface area contributed by atoms with E-state index in [-0.39, 0.29) is 5.82 Å². The van der Waals surface area contributed by atoms with Crippen molar-refractivity contribution in [2.75, 3.05) is 28.7 Å². The summed E-state index contributed by atoms with van der Waals surface area (Å²) < 4.78 is 14.1. The number of halogens is 2. The van der Waals surface area contributed by atoms with Crippen LogP contribution in [0.2, 0.25) is 0 Å². The maximum Gasteiger partial charge on any atom is 0.138 e. The lowest BCUT2D eigenvalue weighted by molar-refractivity contribution is 0.617. The molecular weight excluding hydrogens is 338 g/mol. The Balaban J connectivity index is 2.35. The Morgan fingerprint density at radius 1 is 1.56 bits per heavy atom. The van der Waals surface area contributed by atoms with Crippen LogP contribution in [0, 0.1) is 9.39 Å². The molecule has 2 rings (SSSR count). The van der Waals surface area contributed by atoms with Crippen LogP contribution >= 0.6 is 34.4 Å². The largest absolute Gasteiger partial charge is 0.397 e. The van der Waals surface area contributed by atoms with Gasteiger partial charge in [0.25, 0.3) is 0 Å². The average Bonchev–Trinajstić information content (AvgIpc) is 2.25. The number of nitrogen functional groups attached to an aromatic ring is 1. The van der Waals surface area contributed by atoms with Crippen LogP contribution in [0.5, 0.6) is 0 Å². The fraction of sp³-hybridized carbons (Fsp3) is 0.455. The normalized spacial score (nSPS) is 21.2. The van der Waals surface area contributed by atoms with E-state index in [0.717, 1.165) is 23.7 Å². The number of anilines is 2. The van der Waals surface area contributed by atoms with E-state index in [1.54, 1.807) is 12.1 Å². The maximum atomic E-state index is 13.5. The molecule has 0 saturated carbocycles. The predicted octanol–water partition coefficient (Wildman–Crippen LogP) is 2.95. The molecule has 0 aromatic heterocycles. The van der Waals surface area contributed by atoms with Crippen LogP contribution in [-0.2, 0) is 0 Å². The van der Waals surface area contributed by atoms with Crippen molar-refractivity contribution in [1.29, 1.82) is 0 Å². The van der Waals surface area contributed by atoms with Gasteiger partial charge in [-0.2, -0.15) is 11.8 Å². The molecule has 0 bridgehead atoms. The molecule has 0 radical (unpaired) electrons. The van der Waals surface area contributed by atoms with Crippen LogP contribution in [0.1, 0.15) is 6.92 Å². The lowest BCUT2D eigenvalue weighted by atomic mass is 10.2. The highest BCUT2D eigenvalue weighted by Gasteiger charge is 2.21. The Kier molecular flexibility index (Phi) is 3.84. The number of benzene rings is 1. The third-order valence-corrected chi connectivity index (χ3v) is 4.76. The Labute approximate surface area is 113 Å². The van der Waals surface area contributed by atoms with Crippen LogP contribution in [0.4, 0.5) is 15.8 Å². The van der Waals surface area contributed by atoms with Gasteiger partial charge in [-0.1, -0.05) is 0 Å². The van der Waals surface area contributed by atoms with E-state index in [1.807, 2.05) is 34.4 Å². The van der Waals surface area contributed by atoms with Crippen molar-refractivity contribution in [2.45, 2.75) is 13.0 Å². The molecule has 1 unspecified atom stereocenters.